The highest BCUT2D eigenvalue weighted by Gasteiger charge is 2.33. The van der Waals surface area contributed by atoms with Gasteiger partial charge in [0.15, 0.2) is 0 Å². The van der Waals surface area contributed by atoms with Gasteiger partial charge in [0.2, 0.25) is 11.8 Å². The number of methoxy groups -OCH3 is 1. The van der Waals surface area contributed by atoms with E-state index in [0.717, 1.165) is 53.1 Å². The molecule has 4 rings (SSSR count). The largest absolute Gasteiger partial charge is 0.497 e. The fourth-order valence-electron chi connectivity index (χ4n) is 5.47. The SMILES string of the molecule is COc1ccc(CN(C(=O)CN(c2ccc(C(C)C)cc2)S(=O)(=O)c2ccc(C)cc2)C(C)C(=O)NC2CCCCC2)cc1. The van der Waals surface area contributed by atoms with Crippen LogP contribution in [0.5, 0.6) is 5.75 Å². The standard InChI is InChI=1S/C35H45N3O5S/c1-25(2)29-15-17-31(18-16-29)38(44(41,42)33-21-11-26(3)12-22-33)24-34(39)37(23-28-13-19-32(43-5)20-14-28)27(4)35(40)36-30-9-7-6-8-10-30/h11-22,25,27,30H,6-10,23-24H2,1-5H3,(H,36,40). The number of nitrogens with zero attached hydrogens (tertiary/aromatic N) is 2. The average Bonchev–Trinajstić information content (AvgIpc) is 3.03. The van der Waals surface area contributed by atoms with Crippen LogP contribution in [0.15, 0.2) is 77.7 Å². The Balaban J connectivity index is 1.68. The third kappa shape index (κ3) is 8.20. The van der Waals surface area contributed by atoms with Crippen molar-refractivity contribution in [3.8, 4) is 5.75 Å². The summed E-state index contributed by atoms with van der Waals surface area (Å²) in [5, 5.41) is 3.14. The van der Waals surface area contributed by atoms with Gasteiger partial charge in [-0.05, 0) is 80.1 Å². The van der Waals surface area contributed by atoms with Crippen molar-refractivity contribution in [1.29, 1.82) is 0 Å². The van der Waals surface area contributed by atoms with Crippen LogP contribution in [0.3, 0.4) is 0 Å². The van der Waals surface area contributed by atoms with E-state index in [1.807, 2.05) is 31.2 Å². The van der Waals surface area contributed by atoms with Gasteiger partial charge in [0, 0.05) is 12.6 Å². The number of nitrogens with one attached hydrogen (secondary N) is 1. The van der Waals surface area contributed by atoms with Crippen molar-refractivity contribution in [2.24, 2.45) is 0 Å². The summed E-state index contributed by atoms with van der Waals surface area (Å²) in [5.74, 6) is 0.218. The number of aryl methyl sites for hydroxylation is 1. The van der Waals surface area contributed by atoms with Gasteiger partial charge in [-0.15, -0.1) is 0 Å². The molecule has 0 spiro atoms. The smallest absolute Gasteiger partial charge is 0.264 e. The number of ether oxygens (including phenoxy) is 1. The molecule has 0 aromatic heterocycles. The fourth-order valence-corrected chi connectivity index (χ4v) is 6.88. The maximum absolute atomic E-state index is 14.2. The van der Waals surface area contributed by atoms with Gasteiger partial charge in [0.05, 0.1) is 17.7 Å². The summed E-state index contributed by atoms with van der Waals surface area (Å²) in [6.07, 6.45) is 5.12. The van der Waals surface area contributed by atoms with Crippen molar-refractivity contribution in [3.05, 3.63) is 89.5 Å². The van der Waals surface area contributed by atoms with E-state index in [1.165, 1.54) is 4.90 Å². The molecule has 1 aliphatic carbocycles. The van der Waals surface area contributed by atoms with Gasteiger partial charge >= 0.3 is 0 Å². The minimum atomic E-state index is -4.11. The van der Waals surface area contributed by atoms with Crippen LogP contribution in [-0.2, 0) is 26.2 Å². The van der Waals surface area contributed by atoms with Crippen LogP contribution in [0.25, 0.3) is 0 Å². The van der Waals surface area contributed by atoms with Crippen molar-refractivity contribution in [1.82, 2.24) is 10.2 Å². The summed E-state index contributed by atoms with van der Waals surface area (Å²) in [4.78, 5) is 29.3. The first-order valence-electron chi connectivity index (χ1n) is 15.4. The van der Waals surface area contributed by atoms with Crippen LogP contribution in [0, 0.1) is 6.92 Å². The monoisotopic (exact) mass is 619 g/mol. The molecule has 0 heterocycles. The Bertz CT molecular complexity index is 1500. The molecule has 1 N–H and O–H groups in total. The Morgan fingerprint density at radius 1 is 0.886 bits per heavy atom. The van der Waals surface area contributed by atoms with Crippen LogP contribution < -0.4 is 14.4 Å². The van der Waals surface area contributed by atoms with Crippen molar-refractivity contribution in [2.45, 2.75) is 89.2 Å². The lowest BCUT2D eigenvalue weighted by Gasteiger charge is -2.33. The molecule has 0 aliphatic heterocycles. The zero-order chi connectivity index (χ0) is 31.9. The third-order valence-corrected chi connectivity index (χ3v) is 10.2. The number of rotatable bonds is 12. The van der Waals surface area contributed by atoms with Gasteiger partial charge in [0.25, 0.3) is 10.0 Å². The van der Waals surface area contributed by atoms with Crippen molar-refractivity contribution >= 4 is 27.5 Å². The summed E-state index contributed by atoms with van der Waals surface area (Å²) in [6, 6.07) is 20.4. The molecule has 2 amide bonds. The van der Waals surface area contributed by atoms with Gasteiger partial charge in [0.1, 0.15) is 18.3 Å². The lowest BCUT2D eigenvalue weighted by molar-refractivity contribution is -0.139. The molecule has 44 heavy (non-hydrogen) atoms. The molecule has 0 saturated heterocycles. The highest BCUT2D eigenvalue weighted by Crippen LogP contribution is 2.27. The summed E-state index contributed by atoms with van der Waals surface area (Å²) in [7, 11) is -2.53. The summed E-state index contributed by atoms with van der Waals surface area (Å²) in [6.45, 7) is 7.39. The fraction of sp³-hybridized carbons (Fsp3) is 0.429. The lowest BCUT2D eigenvalue weighted by Crippen LogP contribution is -2.53. The summed E-state index contributed by atoms with van der Waals surface area (Å²) in [5.41, 5.74) is 3.16. The molecule has 236 valence electrons. The maximum Gasteiger partial charge on any atom is 0.264 e. The molecule has 1 unspecified atom stereocenters. The second-order valence-corrected chi connectivity index (χ2v) is 13.8. The van der Waals surface area contributed by atoms with E-state index < -0.39 is 28.5 Å². The van der Waals surface area contributed by atoms with Crippen LogP contribution in [0.4, 0.5) is 5.69 Å². The Kier molecular flexibility index (Phi) is 11.1. The topological polar surface area (TPSA) is 96.0 Å². The Hall–Kier alpha value is -3.85. The highest BCUT2D eigenvalue weighted by atomic mass is 32.2. The van der Waals surface area contributed by atoms with E-state index in [4.69, 9.17) is 4.74 Å². The number of carbonyl (C=O) groups is 2. The summed E-state index contributed by atoms with van der Waals surface area (Å²) >= 11 is 0. The predicted molar refractivity (Wildman–Crippen MR) is 174 cm³/mol. The molecule has 1 fully saturated rings. The molecule has 9 heteroatoms. The minimum Gasteiger partial charge on any atom is -0.497 e. The molecule has 0 radical (unpaired) electrons. The second-order valence-electron chi connectivity index (χ2n) is 12.0. The number of hydrogen-bond donors (Lipinski definition) is 1. The van der Waals surface area contributed by atoms with Crippen molar-refractivity contribution in [2.75, 3.05) is 18.0 Å². The van der Waals surface area contributed by atoms with E-state index >= 15 is 0 Å². The first-order valence-corrected chi connectivity index (χ1v) is 16.9. The Morgan fingerprint density at radius 2 is 1.50 bits per heavy atom. The van der Waals surface area contributed by atoms with Gasteiger partial charge in [-0.3, -0.25) is 13.9 Å². The number of carbonyl (C=O) groups excluding carboxylic acids is 2. The average molecular weight is 620 g/mol. The molecule has 0 bridgehead atoms. The zero-order valence-corrected chi connectivity index (χ0v) is 27.3. The van der Waals surface area contributed by atoms with E-state index in [9.17, 15) is 18.0 Å². The molecule has 8 nitrogen and oxygen atoms in total. The summed E-state index contributed by atoms with van der Waals surface area (Å²) < 4.78 is 34.6. The normalized spacial score (nSPS) is 14.6. The van der Waals surface area contributed by atoms with Gasteiger partial charge in [-0.2, -0.15) is 0 Å². The van der Waals surface area contributed by atoms with E-state index in [2.05, 4.69) is 19.2 Å². The number of benzene rings is 3. The molecule has 3 aromatic carbocycles. The molecule has 1 atom stereocenters. The molecular weight excluding hydrogens is 574 g/mol. The van der Waals surface area contributed by atoms with Crippen LogP contribution >= 0.6 is 0 Å². The predicted octanol–water partition coefficient (Wildman–Crippen LogP) is 6.19. The van der Waals surface area contributed by atoms with Crippen LogP contribution in [0.1, 0.15) is 75.5 Å². The number of amides is 2. The number of hydrogen-bond acceptors (Lipinski definition) is 5. The molecule has 1 aliphatic rings. The first-order chi connectivity index (χ1) is 21.0. The van der Waals surface area contributed by atoms with Crippen molar-refractivity contribution < 1.29 is 22.7 Å². The van der Waals surface area contributed by atoms with Gasteiger partial charge < -0.3 is 15.0 Å². The highest BCUT2D eigenvalue weighted by molar-refractivity contribution is 7.92. The van der Waals surface area contributed by atoms with Crippen LogP contribution in [-0.4, -0.2) is 50.9 Å². The zero-order valence-electron chi connectivity index (χ0n) is 26.5. The van der Waals surface area contributed by atoms with E-state index in [1.54, 1.807) is 62.6 Å². The molecular formula is C35H45N3O5S. The second kappa shape index (κ2) is 14.8. The van der Waals surface area contributed by atoms with E-state index in [-0.39, 0.29) is 29.3 Å². The van der Waals surface area contributed by atoms with Gasteiger partial charge in [-0.25, -0.2) is 8.42 Å². The van der Waals surface area contributed by atoms with Gasteiger partial charge in [-0.1, -0.05) is 75.1 Å². The molecule has 3 aromatic rings. The minimum absolute atomic E-state index is 0.0783. The van der Waals surface area contributed by atoms with Crippen molar-refractivity contribution in [3.63, 3.8) is 0 Å². The number of anilines is 1. The Labute approximate surface area is 262 Å². The van der Waals surface area contributed by atoms with Crippen LogP contribution in [0.2, 0.25) is 0 Å². The maximum atomic E-state index is 14.2. The third-order valence-electron chi connectivity index (χ3n) is 8.37. The lowest BCUT2D eigenvalue weighted by atomic mass is 9.95. The van der Waals surface area contributed by atoms with E-state index in [0.29, 0.717) is 11.4 Å². The molecule has 1 saturated carbocycles. The quantitative estimate of drug-likeness (QED) is 0.261. The first kappa shape index (κ1) is 33.1. The number of sulfonamides is 1. The Morgan fingerprint density at radius 3 is 2.07 bits per heavy atom.